The monoisotopic (exact) mass is 324 g/mol. The van der Waals surface area contributed by atoms with E-state index in [1.165, 1.54) is 11.8 Å². The lowest BCUT2D eigenvalue weighted by molar-refractivity contribution is -0.127. The highest BCUT2D eigenvalue weighted by molar-refractivity contribution is 7.99. The van der Waals surface area contributed by atoms with Crippen molar-refractivity contribution in [2.24, 2.45) is 0 Å². The van der Waals surface area contributed by atoms with Gasteiger partial charge in [0.05, 0.1) is 5.75 Å². The molecule has 0 aliphatic rings. The lowest BCUT2D eigenvalue weighted by Crippen LogP contribution is -2.45. The van der Waals surface area contributed by atoms with Crippen molar-refractivity contribution in [3.8, 4) is 0 Å². The first-order valence-corrected chi connectivity index (χ1v) is 8.35. The summed E-state index contributed by atoms with van der Waals surface area (Å²) in [4.78, 5) is 32.3. The van der Waals surface area contributed by atoms with Crippen LogP contribution in [-0.4, -0.2) is 40.1 Å². The van der Waals surface area contributed by atoms with Crippen molar-refractivity contribution >= 4 is 23.6 Å². The molecule has 1 aromatic rings. The van der Waals surface area contributed by atoms with Crippen molar-refractivity contribution in [3.05, 3.63) is 17.0 Å². The second kappa shape index (κ2) is 8.73. The van der Waals surface area contributed by atoms with Gasteiger partial charge in [-0.05, 0) is 39.7 Å². The number of nitrogens with zero attached hydrogens (tertiary/aromatic N) is 2. The lowest BCUT2D eigenvalue weighted by Gasteiger charge is -2.13. The largest absolute Gasteiger partial charge is 0.354 e. The minimum absolute atomic E-state index is 0.168. The van der Waals surface area contributed by atoms with Crippen LogP contribution in [0.5, 0.6) is 0 Å². The normalized spacial score (nSPS) is 11.9. The van der Waals surface area contributed by atoms with E-state index in [9.17, 15) is 9.59 Å². The Morgan fingerprint density at radius 1 is 1.18 bits per heavy atom. The number of thioether (sulfide) groups is 1. The Bertz CT molecular complexity index is 525. The summed E-state index contributed by atoms with van der Waals surface area (Å²) in [6.45, 7) is 10.1. The van der Waals surface area contributed by atoms with E-state index in [1.54, 1.807) is 6.92 Å². The van der Waals surface area contributed by atoms with Crippen molar-refractivity contribution in [3.63, 3.8) is 0 Å². The molecule has 1 atom stereocenters. The van der Waals surface area contributed by atoms with E-state index in [0.29, 0.717) is 11.7 Å². The van der Waals surface area contributed by atoms with Gasteiger partial charge in [-0.15, -0.1) is 0 Å². The van der Waals surface area contributed by atoms with E-state index in [0.717, 1.165) is 23.4 Å². The second-order valence-corrected chi connectivity index (χ2v) is 6.11. The maximum Gasteiger partial charge on any atom is 0.242 e. The van der Waals surface area contributed by atoms with Crippen molar-refractivity contribution in [2.45, 2.75) is 52.2 Å². The molecule has 0 aliphatic carbocycles. The smallest absolute Gasteiger partial charge is 0.242 e. The van der Waals surface area contributed by atoms with Gasteiger partial charge in [0.1, 0.15) is 6.04 Å². The zero-order valence-electron chi connectivity index (χ0n) is 13.8. The van der Waals surface area contributed by atoms with E-state index in [-0.39, 0.29) is 17.6 Å². The van der Waals surface area contributed by atoms with Crippen LogP contribution in [0.1, 0.15) is 37.2 Å². The molecule has 0 fully saturated rings. The van der Waals surface area contributed by atoms with Gasteiger partial charge in [-0.1, -0.05) is 18.7 Å². The van der Waals surface area contributed by atoms with Gasteiger partial charge in [0.15, 0.2) is 5.16 Å². The summed E-state index contributed by atoms with van der Waals surface area (Å²) in [5, 5.41) is 6.00. The molecule has 1 aromatic heterocycles. The fourth-order valence-corrected chi connectivity index (χ4v) is 2.43. The maximum absolute atomic E-state index is 11.9. The molecule has 0 unspecified atom stereocenters. The molecule has 0 bridgehead atoms. The fraction of sp³-hybridized carbons (Fsp3) is 0.600. The number of amides is 2. The summed E-state index contributed by atoms with van der Waals surface area (Å²) in [5.41, 5.74) is 2.90. The second-order valence-electron chi connectivity index (χ2n) is 5.17. The van der Waals surface area contributed by atoms with Crippen LogP contribution in [0.2, 0.25) is 0 Å². The third-order valence-electron chi connectivity index (χ3n) is 3.26. The number of carbonyl (C=O) groups excluding carboxylic acids is 2. The maximum atomic E-state index is 11.9. The van der Waals surface area contributed by atoms with Crippen molar-refractivity contribution in [2.75, 3.05) is 12.3 Å². The number of carbonyl (C=O) groups is 2. The highest BCUT2D eigenvalue weighted by Crippen LogP contribution is 2.16. The number of hydrogen-bond donors (Lipinski definition) is 2. The predicted molar refractivity (Wildman–Crippen MR) is 87.9 cm³/mol. The zero-order valence-corrected chi connectivity index (χ0v) is 14.6. The summed E-state index contributed by atoms with van der Waals surface area (Å²) in [5.74, 6) is -0.185. The third kappa shape index (κ3) is 5.63. The van der Waals surface area contributed by atoms with E-state index in [4.69, 9.17) is 0 Å². The standard InChI is InChI=1S/C15H24N4O2S/c1-6-7-16-14(21)12(5)17-13(20)8-22-15-18-10(3)9(2)11(4)19-15/h12H,6-8H2,1-5H3,(H,16,21)(H,17,20)/t12-/m1/s1. The topological polar surface area (TPSA) is 84.0 Å². The molecule has 22 heavy (non-hydrogen) atoms. The Morgan fingerprint density at radius 3 is 2.32 bits per heavy atom. The summed E-state index contributed by atoms with van der Waals surface area (Å²) in [6.07, 6.45) is 0.867. The van der Waals surface area contributed by atoms with Gasteiger partial charge in [0.25, 0.3) is 0 Å². The highest BCUT2D eigenvalue weighted by atomic mass is 32.2. The van der Waals surface area contributed by atoms with E-state index < -0.39 is 6.04 Å². The van der Waals surface area contributed by atoms with Crippen molar-refractivity contribution < 1.29 is 9.59 Å². The van der Waals surface area contributed by atoms with Gasteiger partial charge >= 0.3 is 0 Å². The molecule has 0 radical (unpaired) electrons. The Labute approximate surface area is 135 Å². The van der Waals surface area contributed by atoms with Crippen LogP contribution in [0.15, 0.2) is 5.16 Å². The van der Waals surface area contributed by atoms with Crippen LogP contribution < -0.4 is 10.6 Å². The number of aromatic nitrogens is 2. The molecule has 7 heteroatoms. The predicted octanol–water partition coefficient (Wildman–Crippen LogP) is 1.52. The Hall–Kier alpha value is -1.63. The molecular formula is C15H24N4O2S. The summed E-state index contributed by atoms with van der Waals surface area (Å²) >= 11 is 1.27. The van der Waals surface area contributed by atoms with E-state index in [2.05, 4.69) is 20.6 Å². The molecule has 122 valence electrons. The van der Waals surface area contributed by atoms with Crippen molar-refractivity contribution in [1.82, 2.24) is 20.6 Å². The SMILES string of the molecule is CCCNC(=O)[C@@H](C)NC(=O)CSc1nc(C)c(C)c(C)n1. The zero-order chi connectivity index (χ0) is 16.7. The van der Waals surface area contributed by atoms with E-state index in [1.807, 2.05) is 27.7 Å². The molecule has 1 heterocycles. The molecular weight excluding hydrogens is 300 g/mol. The molecule has 0 saturated carbocycles. The van der Waals surface area contributed by atoms with Crippen LogP contribution in [0.25, 0.3) is 0 Å². The lowest BCUT2D eigenvalue weighted by atomic mass is 10.2. The highest BCUT2D eigenvalue weighted by Gasteiger charge is 2.15. The minimum atomic E-state index is -0.540. The molecule has 2 N–H and O–H groups in total. The number of aryl methyl sites for hydroxylation is 2. The summed E-state index contributed by atoms with van der Waals surface area (Å²) in [6, 6.07) is -0.540. The number of rotatable bonds is 7. The van der Waals surface area contributed by atoms with Gasteiger partial charge in [0, 0.05) is 17.9 Å². The molecule has 0 aromatic carbocycles. The van der Waals surface area contributed by atoms with Crippen LogP contribution in [-0.2, 0) is 9.59 Å². The Kier molecular flexibility index (Phi) is 7.31. The molecule has 0 spiro atoms. The van der Waals surface area contributed by atoms with Gasteiger partial charge in [-0.2, -0.15) is 0 Å². The van der Waals surface area contributed by atoms with Crippen LogP contribution in [0.4, 0.5) is 0 Å². The minimum Gasteiger partial charge on any atom is -0.354 e. The summed E-state index contributed by atoms with van der Waals surface area (Å²) in [7, 11) is 0. The Balaban J connectivity index is 2.48. The first-order valence-electron chi connectivity index (χ1n) is 7.36. The molecule has 2 amide bonds. The number of hydrogen-bond acceptors (Lipinski definition) is 5. The number of nitrogens with one attached hydrogen (secondary N) is 2. The van der Waals surface area contributed by atoms with Crippen LogP contribution >= 0.6 is 11.8 Å². The average Bonchev–Trinajstić information content (AvgIpc) is 2.47. The fourth-order valence-electron chi connectivity index (χ4n) is 1.69. The third-order valence-corrected chi connectivity index (χ3v) is 4.11. The van der Waals surface area contributed by atoms with Crippen molar-refractivity contribution in [1.29, 1.82) is 0 Å². The molecule has 6 nitrogen and oxygen atoms in total. The quantitative estimate of drug-likeness (QED) is 0.587. The molecule has 1 rings (SSSR count). The van der Waals surface area contributed by atoms with Gasteiger partial charge in [-0.3, -0.25) is 9.59 Å². The first-order chi connectivity index (χ1) is 10.3. The van der Waals surface area contributed by atoms with Crippen LogP contribution in [0, 0.1) is 20.8 Å². The van der Waals surface area contributed by atoms with Gasteiger partial charge in [-0.25, -0.2) is 9.97 Å². The van der Waals surface area contributed by atoms with Gasteiger partial charge < -0.3 is 10.6 Å². The first kappa shape index (κ1) is 18.4. The molecule has 0 saturated heterocycles. The van der Waals surface area contributed by atoms with Crippen LogP contribution in [0.3, 0.4) is 0 Å². The van der Waals surface area contributed by atoms with Gasteiger partial charge in [0.2, 0.25) is 11.8 Å². The Morgan fingerprint density at radius 2 is 1.77 bits per heavy atom. The molecule has 0 aliphatic heterocycles. The summed E-state index contributed by atoms with van der Waals surface area (Å²) < 4.78 is 0. The van der Waals surface area contributed by atoms with E-state index >= 15 is 0 Å². The average molecular weight is 324 g/mol.